The summed E-state index contributed by atoms with van der Waals surface area (Å²) in [4.78, 5) is 24.9. The number of pyridine rings is 1. The average Bonchev–Trinajstić information content (AvgIpc) is 2.76. The van der Waals surface area contributed by atoms with Crippen LogP contribution < -0.4 is 15.0 Å². The van der Waals surface area contributed by atoms with E-state index in [2.05, 4.69) is 4.98 Å². The molecular weight excluding hydrogens is 226 g/mol. The Morgan fingerprint density at radius 3 is 2.94 bits per heavy atom. The van der Waals surface area contributed by atoms with Gasteiger partial charge in [-0.05, 0) is 18.2 Å². The second-order valence-corrected chi connectivity index (χ2v) is 3.58. The van der Waals surface area contributed by atoms with Crippen molar-refractivity contribution < 1.29 is 19.4 Å². The zero-order valence-corrected chi connectivity index (χ0v) is 8.52. The summed E-state index contributed by atoms with van der Waals surface area (Å²) >= 11 is 0. The molecule has 2 heterocycles. The summed E-state index contributed by atoms with van der Waals surface area (Å²) in [7, 11) is 0. The van der Waals surface area contributed by atoms with Gasteiger partial charge in [0.15, 0.2) is 11.5 Å². The maximum Gasteiger partial charge on any atom is 0.341 e. The van der Waals surface area contributed by atoms with E-state index in [1.54, 1.807) is 12.1 Å². The number of hydrogen-bond donors (Lipinski definition) is 2. The van der Waals surface area contributed by atoms with E-state index in [0.717, 1.165) is 0 Å². The molecule has 0 saturated heterocycles. The van der Waals surface area contributed by atoms with Crippen molar-refractivity contribution in [2.75, 3.05) is 6.79 Å². The maximum absolute atomic E-state index is 11.5. The molecule has 0 amide bonds. The molecule has 86 valence electrons. The number of rotatable bonds is 1. The van der Waals surface area contributed by atoms with E-state index in [4.69, 9.17) is 14.6 Å². The van der Waals surface area contributed by atoms with Gasteiger partial charge in [0.25, 0.3) is 5.56 Å². The van der Waals surface area contributed by atoms with Crippen molar-refractivity contribution in [3.63, 3.8) is 0 Å². The van der Waals surface area contributed by atoms with E-state index in [0.29, 0.717) is 22.4 Å². The fourth-order valence-corrected chi connectivity index (χ4v) is 1.80. The minimum atomic E-state index is -1.26. The first-order chi connectivity index (χ1) is 8.16. The maximum atomic E-state index is 11.5. The Morgan fingerprint density at radius 2 is 2.18 bits per heavy atom. The van der Waals surface area contributed by atoms with Gasteiger partial charge < -0.3 is 19.6 Å². The van der Waals surface area contributed by atoms with Gasteiger partial charge in [-0.2, -0.15) is 0 Å². The lowest BCUT2D eigenvalue weighted by Gasteiger charge is -2.03. The zero-order chi connectivity index (χ0) is 12.0. The Hall–Kier alpha value is -2.50. The normalized spacial score (nSPS) is 12.9. The average molecular weight is 233 g/mol. The van der Waals surface area contributed by atoms with Crippen LogP contribution in [0.3, 0.4) is 0 Å². The van der Waals surface area contributed by atoms with Gasteiger partial charge in [0, 0.05) is 5.39 Å². The quantitative estimate of drug-likeness (QED) is 0.765. The van der Waals surface area contributed by atoms with Crippen LogP contribution in [0, 0.1) is 0 Å². The molecule has 1 aliphatic rings. The predicted molar refractivity (Wildman–Crippen MR) is 57.7 cm³/mol. The Balaban J connectivity index is 2.38. The monoisotopic (exact) mass is 233 g/mol. The number of carboxylic acid groups (broad SMARTS) is 1. The zero-order valence-electron chi connectivity index (χ0n) is 8.52. The van der Waals surface area contributed by atoms with Crippen LogP contribution in [0.2, 0.25) is 0 Å². The number of nitrogens with one attached hydrogen (secondary N) is 1. The molecule has 6 nitrogen and oxygen atoms in total. The minimum Gasteiger partial charge on any atom is -0.477 e. The van der Waals surface area contributed by atoms with Crippen molar-refractivity contribution in [1.29, 1.82) is 0 Å². The van der Waals surface area contributed by atoms with E-state index in [9.17, 15) is 9.59 Å². The lowest BCUT2D eigenvalue weighted by molar-refractivity contribution is 0.0695. The highest BCUT2D eigenvalue weighted by Crippen LogP contribution is 2.37. The molecular formula is C11H7NO5. The van der Waals surface area contributed by atoms with Crippen LogP contribution >= 0.6 is 0 Å². The molecule has 3 rings (SSSR count). The van der Waals surface area contributed by atoms with Crippen LogP contribution in [0.5, 0.6) is 11.5 Å². The van der Waals surface area contributed by atoms with Gasteiger partial charge in [-0.1, -0.05) is 0 Å². The van der Waals surface area contributed by atoms with Gasteiger partial charge in [0.05, 0.1) is 5.52 Å². The molecule has 1 aliphatic heterocycles. The number of benzene rings is 1. The summed E-state index contributed by atoms with van der Waals surface area (Å²) in [6, 6.07) is 4.66. The third kappa shape index (κ3) is 1.34. The minimum absolute atomic E-state index is 0.0944. The predicted octanol–water partition coefficient (Wildman–Crippen LogP) is 0.955. The molecule has 0 bridgehead atoms. The topological polar surface area (TPSA) is 88.6 Å². The lowest BCUT2D eigenvalue weighted by atomic mass is 10.1. The Labute approximate surface area is 94.4 Å². The number of ether oxygens (including phenoxy) is 2. The van der Waals surface area contributed by atoms with Crippen molar-refractivity contribution in [3.8, 4) is 11.5 Å². The fourth-order valence-electron chi connectivity index (χ4n) is 1.80. The van der Waals surface area contributed by atoms with Gasteiger partial charge in [-0.25, -0.2) is 4.79 Å². The van der Waals surface area contributed by atoms with Crippen LogP contribution in [-0.4, -0.2) is 22.9 Å². The van der Waals surface area contributed by atoms with Crippen molar-refractivity contribution >= 4 is 16.9 Å². The van der Waals surface area contributed by atoms with E-state index < -0.39 is 11.5 Å². The van der Waals surface area contributed by atoms with Crippen molar-refractivity contribution in [3.05, 3.63) is 34.1 Å². The lowest BCUT2D eigenvalue weighted by Crippen LogP contribution is -2.17. The molecule has 0 fully saturated rings. The molecule has 0 aliphatic carbocycles. The molecule has 1 aromatic heterocycles. The van der Waals surface area contributed by atoms with Crippen LogP contribution in [0.1, 0.15) is 10.4 Å². The molecule has 0 radical (unpaired) electrons. The Bertz CT molecular complexity index is 688. The second-order valence-electron chi connectivity index (χ2n) is 3.58. The number of aromatic carboxylic acids is 1. The first-order valence-corrected chi connectivity index (χ1v) is 4.86. The van der Waals surface area contributed by atoms with Crippen LogP contribution in [-0.2, 0) is 0 Å². The highest BCUT2D eigenvalue weighted by molar-refractivity contribution is 5.95. The summed E-state index contributed by atoms with van der Waals surface area (Å²) < 4.78 is 10.4. The van der Waals surface area contributed by atoms with Gasteiger partial charge in [-0.3, -0.25) is 4.79 Å². The molecule has 17 heavy (non-hydrogen) atoms. The number of hydrogen-bond acceptors (Lipinski definition) is 4. The van der Waals surface area contributed by atoms with Gasteiger partial charge in [-0.15, -0.1) is 0 Å². The molecule has 0 unspecified atom stereocenters. The van der Waals surface area contributed by atoms with Gasteiger partial charge >= 0.3 is 5.97 Å². The number of aromatic amines is 1. The molecule has 2 N–H and O–H groups in total. The van der Waals surface area contributed by atoms with E-state index in [1.165, 1.54) is 6.07 Å². The summed E-state index contributed by atoms with van der Waals surface area (Å²) in [5.41, 5.74) is -0.500. The number of carbonyl (C=O) groups is 1. The first kappa shape index (κ1) is 9.71. The highest BCUT2D eigenvalue weighted by atomic mass is 16.7. The number of carboxylic acids is 1. The largest absolute Gasteiger partial charge is 0.477 e. The second kappa shape index (κ2) is 3.24. The fraction of sp³-hybridized carbons (Fsp3) is 0.0909. The van der Waals surface area contributed by atoms with Crippen LogP contribution in [0.25, 0.3) is 10.9 Å². The SMILES string of the molecule is O=C(O)c1cc2ccc3c(c2[nH]c1=O)OCO3. The summed E-state index contributed by atoms with van der Waals surface area (Å²) in [5.74, 6) is -0.279. The molecule has 0 atom stereocenters. The van der Waals surface area contributed by atoms with Crippen molar-refractivity contribution in [2.24, 2.45) is 0 Å². The third-order valence-electron chi connectivity index (χ3n) is 2.58. The van der Waals surface area contributed by atoms with Crippen molar-refractivity contribution in [2.45, 2.75) is 0 Å². The molecule has 6 heteroatoms. The Kier molecular flexibility index (Phi) is 1.85. The summed E-state index contributed by atoms with van der Waals surface area (Å²) in [6.07, 6.45) is 0. The number of aromatic nitrogens is 1. The van der Waals surface area contributed by atoms with Gasteiger partial charge in [0.2, 0.25) is 6.79 Å². The standard InChI is InChI=1S/C11H7NO5/c13-10-6(11(14)15)3-5-1-2-7-9(8(5)12-10)17-4-16-7/h1-3H,4H2,(H,12,13)(H,14,15). The molecule has 0 spiro atoms. The van der Waals surface area contributed by atoms with E-state index in [1.807, 2.05) is 0 Å². The number of H-pyrrole nitrogens is 1. The summed E-state index contributed by atoms with van der Waals surface area (Å²) in [5, 5.41) is 9.43. The van der Waals surface area contributed by atoms with Gasteiger partial charge in [0.1, 0.15) is 5.56 Å². The molecule has 0 saturated carbocycles. The first-order valence-electron chi connectivity index (χ1n) is 4.86. The van der Waals surface area contributed by atoms with E-state index >= 15 is 0 Å². The number of fused-ring (bicyclic) bond motifs is 3. The van der Waals surface area contributed by atoms with Crippen LogP contribution in [0.4, 0.5) is 0 Å². The highest BCUT2D eigenvalue weighted by Gasteiger charge is 2.19. The Morgan fingerprint density at radius 1 is 1.35 bits per heavy atom. The van der Waals surface area contributed by atoms with Crippen molar-refractivity contribution in [1.82, 2.24) is 4.98 Å². The third-order valence-corrected chi connectivity index (χ3v) is 2.58. The smallest absolute Gasteiger partial charge is 0.341 e. The summed E-state index contributed by atoms with van der Waals surface area (Å²) in [6.45, 7) is 0.0944. The molecule has 1 aromatic carbocycles. The molecule has 2 aromatic rings. The van der Waals surface area contributed by atoms with Crippen LogP contribution in [0.15, 0.2) is 23.0 Å². The van der Waals surface area contributed by atoms with E-state index in [-0.39, 0.29) is 12.4 Å².